The van der Waals surface area contributed by atoms with Crippen LogP contribution in [0.3, 0.4) is 0 Å². The Morgan fingerprint density at radius 2 is 2.04 bits per heavy atom. The van der Waals surface area contributed by atoms with E-state index in [1.807, 2.05) is 53.1 Å². The molecule has 0 fully saturated rings. The number of aromatic nitrogens is 5. The molecule has 0 saturated heterocycles. The Labute approximate surface area is 167 Å². The Morgan fingerprint density at radius 1 is 1.18 bits per heavy atom. The molecule has 4 aromatic heterocycles. The second kappa shape index (κ2) is 6.61. The van der Waals surface area contributed by atoms with E-state index in [4.69, 9.17) is 4.42 Å². The summed E-state index contributed by atoms with van der Waals surface area (Å²) in [7, 11) is 1.71. The van der Waals surface area contributed by atoms with Crippen LogP contribution in [-0.4, -0.2) is 24.1 Å². The highest BCUT2D eigenvalue weighted by atomic mass is 32.2. The molecule has 5 rings (SSSR count). The van der Waals surface area contributed by atoms with Crippen LogP contribution in [0.2, 0.25) is 0 Å². The number of para-hydroxylation sites is 1. The van der Waals surface area contributed by atoms with Crippen molar-refractivity contribution < 1.29 is 4.42 Å². The fourth-order valence-corrected chi connectivity index (χ4v) is 4.80. The number of aryl methyl sites for hydroxylation is 2. The molecule has 0 amide bonds. The van der Waals surface area contributed by atoms with E-state index in [0.717, 1.165) is 32.9 Å². The first-order valence-electron chi connectivity index (χ1n) is 8.58. The van der Waals surface area contributed by atoms with Gasteiger partial charge in [0.25, 0.3) is 5.56 Å². The van der Waals surface area contributed by atoms with Crippen molar-refractivity contribution in [2.45, 2.75) is 17.8 Å². The highest BCUT2D eigenvalue weighted by Crippen LogP contribution is 2.29. The quantitative estimate of drug-likeness (QED) is 0.419. The summed E-state index contributed by atoms with van der Waals surface area (Å²) in [6.07, 6.45) is 0. The topological polar surface area (TPSA) is 78.2 Å². The number of hydrogen-bond acceptors (Lipinski definition) is 7. The fourth-order valence-electron chi connectivity index (χ4n) is 3.08. The second-order valence-corrected chi connectivity index (χ2v) is 8.14. The number of fused-ring (bicyclic) bond motifs is 3. The van der Waals surface area contributed by atoms with Gasteiger partial charge in [-0.15, -0.1) is 21.5 Å². The van der Waals surface area contributed by atoms with Crippen LogP contribution >= 0.6 is 23.1 Å². The van der Waals surface area contributed by atoms with Gasteiger partial charge < -0.3 is 4.42 Å². The molecule has 0 spiro atoms. The van der Waals surface area contributed by atoms with Crippen LogP contribution in [0.1, 0.15) is 11.5 Å². The molecule has 4 heterocycles. The Bertz CT molecular complexity index is 1380. The Balaban J connectivity index is 1.50. The van der Waals surface area contributed by atoms with Crippen molar-refractivity contribution in [1.29, 1.82) is 0 Å². The van der Waals surface area contributed by atoms with Gasteiger partial charge in [0.15, 0.2) is 15.9 Å². The van der Waals surface area contributed by atoms with E-state index in [9.17, 15) is 4.79 Å². The SMILES string of the molecule is Cc1ccc(-c2nc(CSc3nnc4n(C)c(=O)c5ccccc5n34)cs2)o1. The lowest BCUT2D eigenvalue weighted by molar-refractivity contribution is 0.548. The highest BCUT2D eigenvalue weighted by molar-refractivity contribution is 7.98. The Kier molecular flexibility index (Phi) is 4.06. The summed E-state index contributed by atoms with van der Waals surface area (Å²) in [4.78, 5) is 17.2. The van der Waals surface area contributed by atoms with Crippen LogP contribution in [0.25, 0.3) is 27.4 Å². The van der Waals surface area contributed by atoms with E-state index in [1.165, 1.54) is 4.57 Å². The summed E-state index contributed by atoms with van der Waals surface area (Å²) in [5.74, 6) is 2.83. The molecule has 0 aliphatic rings. The molecular formula is C19H15N5O2S2. The van der Waals surface area contributed by atoms with Crippen LogP contribution < -0.4 is 5.56 Å². The van der Waals surface area contributed by atoms with Gasteiger partial charge in [-0.05, 0) is 31.2 Å². The largest absolute Gasteiger partial charge is 0.459 e. The number of benzene rings is 1. The van der Waals surface area contributed by atoms with E-state index in [0.29, 0.717) is 16.9 Å². The van der Waals surface area contributed by atoms with E-state index < -0.39 is 0 Å². The van der Waals surface area contributed by atoms with Crippen LogP contribution in [0.15, 0.2) is 56.1 Å². The minimum Gasteiger partial charge on any atom is -0.459 e. The minimum atomic E-state index is -0.0788. The molecule has 28 heavy (non-hydrogen) atoms. The summed E-state index contributed by atoms with van der Waals surface area (Å²) in [6.45, 7) is 1.92. The van der Waals surface area contributed by atoms with Crippen molar-refractivity contribution in [2.75, 3.05) is 0 Å². The van der Waals surface area contributed by atoms with Crippen molar-refractivity contribution >= 4 is 39.8 Å². The molecule has 7 nitrogen and oxygen atoms in total. The first-order valence-corrected chi connectivity index (χ1v) is 10.5. The van der Waals surface area contributed by atoms with Gasteiger partial charge in [-0.3, -0.25) is 13.8 Å². The molecule has 1 aromatic carbocycles. The molecule has 0 atom stereocenters. The first kappa shape index (κ1) is 17.2. The number of thioether (sulfide) groups is 1. The third-order valence-electron chi connectivity index (χ3n) is 4.45. The molecule has 9 heteroatoms. The average Bonchev–Trinajstić information content (AvgIpc) is 3.43. The van der Waals surface area contributed by atoms with E-state index in [1.54, 1.807) is 30.1 Å². The van der Waals surface area contributed by atoms with Gasteiger partial charge in [-0.25, -0.2) is 4.98 Å². The van der Waals surface area contributed by atoms with E-state index in [2.05, 4.69) is 15.2 Å². The zero-order valence-electron chi connectivity index (χ0n) is 15.1. The Hall–Kier alpha value is -2.91. The minimum absolute atomic E-state index is 0.0788. The third-order valence-corrected chi connectivity index (χ3v) is 6.32. The molecule has 0 aliphatic carbocycles. The molecule has 0 bridgehead atoms. The first-order chi connectivity index (χ1) is 13.6. The van der Waals surface area contributed by atoms with Gasteiger partial charge >= 0.3 is 0 Å². The lowest BCUT2D eigenvalue weighted by atomic mass is 10.2. The summed E-state index contributed by atoms with van der Waals surface area (Å²) >= 11 is 3.10. The van der Waals surface area contributed by atoms with Crippen molar-refractivity contribution in [3.8, 4) is 10.8 Å². The lowest BCUT2D eigenvalue weighted by Crippen LogP contribution is -2.20. The molecule has 140 valence electrons. The zero-order chi connectivity index (χ0) is 19.3. The standard InChI is InChI=1S/C19H15N5O2S2/c1-11-7-8-15(26-11)16-20-12(9-27-16)10-28-19-22-21-18-23(2)17(25)13-5-3-4-6-14(13)24(18)19/h3-9H,10H2,1-2H3. The van der Waals surface area contributed by atoms with Gasteiger partial charge in [-0.2, -0.15) is 0 Å². The summed E-state index contributed by atoms with van der Waals surface area (Å²) < 4.78 is 9.09. The second-order valence-electron chi connectivity index (χ2n) is 6.34. The highest BCUT2D eigenvalue weighted by Gasteiger charge is 2.16. The molecule has 0 radical (unpaired) electrons. The fraction of sp³-hybridized carbons (Fsp3) is 0.158. The molecule has 5 aromatic rings. The van der Waals surface area contributed by atoms with Crippen molar-refractivity contribution in [3.05, 3.63) is 63.6 Å². The third kappa shape index (κ3) is 2.74. The number of furan rings is 1. The number of nitrogens with zero attached hydrogens (tertiary/aromatic N) is 5. The number of thiazole rings is 1. The Morgan fingerprint density at radius 3 is 2.86 bits per heavy atom. The summed E-state index contributed by atoms with van der Waals surface area (Å²) in [6, 6.07) is 11.4. The molecular weight excluding hydrogens is 394 g/mol. The maximum atomic E-state index is 12.5. The smallest absolute Gasteiger partial charge is 0.262 e. The van der Waals surface area contributed by atoms with Gasteiger partial charge in [0.2, 0.25) is 5.78 Å². The monoisotopic (exact) mass is 409 g/mol. The number of rotatable bonds is 4. The molecule has 0 unspecified atom stereocenters. The number of hydrogen-bond donors (Lipinski definition) is 0. The summed E-state index contributed by atoms with van der Waals surface area (Å²) in [5.41, 5.74) is 1.67. The van der Waals surface area contributed by atoms with Crippen LogP contribution in [0.4, 0.5) is 0 Å². The van der Waals surface area contributed by atoms with Crippen molar-refractivity contribution in [2.24, 2.45) is 7.05 Å². The zero-order valence-corrected chi connectivity index (χ0v) is 16.8. The summed E-state index contributed by atoms with van der Waals surface area (Å²) in [5, 5.41) is 12.8. The predicted octanol–water partition coefficient (Wildman–Crippen LogP) is 3.90. The van der Waals surface area contributed by atoms with Crippen molar-refractivity contribution in [1.82, 2.24) is 24.1 Å². The van der Waals surface area contributed by atoms with Crippen LogP contribution in [0.5, 0.6) is 0 Å². The van der Waals surface area contributed by atoms with Crippen molar-refractivity contribution in [3.63, 3.8) is 0 Å². The van der Waals surface area contributed by atoms with Crippen LogP contribution in [0, 0.1) is 6.92 Å². The molecule has 0 saturated carbocycles. The van der Waals surface area contributed by atoms with E-state index >= 15 is 0 Å². The maximum Gasteiger partial charge on any atom is 0.262 e. The average molecular weight is 409 g/mol. The normalized spacial score (nSPS) is 11.6. The van der Waals surface area contributed by atoms with Gasteiger partial charge in [-0.1, -0.05) is 23.9 Å². The molecule has 0 aliphatic heterocycles. The lowest BCUT2D eigenvalue weighted by Gasteiger charge is -2.07. The predicted molar refractivity (Wildman–Crippen MR) is 110 cm³/mol. The van der Waals surface area contributed by atoms with Gasteiger partial charge in [0.05, 0.1) is 16.6 Å². The molecule has 0 N–H and O–H groups in total. The maximum absolute atomic E-state index is 12.5. The van der Waals surface area contributed by atoms with Crippen LogP contribution in [-0.2, 0) is 12.8 Å². The van der Waals surface area contributed by atoms with E-state index in [-0.39, 0.29) is 5.56 Å². The van der Waals surface area contributed by atoms with Gasteiger partial charge in [0.1, 0.15) is 5.76 Å². The van der Waals surface area contributed by atoms with Gasteiger partial charge in [0, 0.05) is 18.2 Å².